The van der Waals surface area contributed by atoms with Gasteiger partial charge in [-0.15, -0.1) is 0 Å². The molecular formula is C33H38O10. The lowest BCUT2D eigenvalue weighted by Crippen LogP contribution is -2.82. The van der Waals surface area contributed by atoms with E-state index in [1.165, 1.54) is 20.8 Å². The monoisotopic (exact) mass is 594 g/mol. The molecule has 4 unspecified atom stereocenters. The number of esters is 4. The van der Waals surface area contributed by atoms with E-state index in [0.29, 0.717) is 12.0 Å². The highest BCUT2D eigenvalue weighted by Crippen LogP contribution is 2.68. The number of hydrogen-bond acceptors (Lipinski definition) is 10. The van der Waals surface area contributed by atoms with Gasteiger partial charge in [0, 0.05) is 13.8 Å². The van der Waals surface area contributed by atoms with Gasteiger partial charge < -0.3 is 28.8 Å². The maximum atomic E-state index is 13.7. The second-order valence-corrected chi connectivity index (χ2v) is 12.7. The van der Waals surface area contributed by atoms with Crippen molar-refractivity contribution in [2.75, 3.05) is 0 Å². The summed E-state index contributed by atoms with van der Waals surface area (Å²) in [6, 6.07) is 16.7. The predicted octanol–water partition coefficient (Wildman–Crippen LogP) is 4.03. The second-order valence-electron chi connectivity index (χ2n) is 12.7. The lowest BCUT2D eigenvalue weighted by molar-refractivity contribution is -0.351. The Kier molecular flexibility index (Phi) is 7.67. The van der Waals surface area contributed by atoms with Crippen molar-refractivity contribution in [3.8, 4) is 0 Å². The largest absolute Gasteiger partial charge is 0.458 e. The van der Waals surface area contributed by atoms with E-state index in [-0.39, 0.29) is 17.9 Å². The lowest BCUT2D eigenvalue weighted by atomic mass is 9.47. The third kappa shape index (κ3) is 4.90. The molecule has 1 saturated heterocycles. The van der Waals surface area contributed by atoms with Crippen molar-refractivity contribution in [2.45, 2.75) is 95.6 Å². The van der Waals surface area contributed by atoms with Crippen molar-refractivity contribution in [1.82, 2.24) is 0 Å². The summed E-state index contributed by atoms with van der Waals surface area (Å²) in [7, 11) is 0. The van der Waals surface area contributed by atoms with Gasteiger partial charge in [-0.3, -0.25) is 9.59 Å². The van der Waals surface area contributed by atoms with Crippen LogP contribution in [0.2, 0.25) is 0 Å². The van der Waals surface area contributed by atoms with Crippen LogP contribution in [0.15, 0.2) is 60.7 Å². The molecule has 8 atom stereocenters. The zero-order valence-electron chi connectivity index (χ0n) is 25.2. The first-order valence-electron chi connectivity index (χ1n) is 14.4. The van der Waals surface area contributed by atoms with Crippen LogP contribution in [0.4, 0.5) is 0 Å². The van der Waals surface area contributed by atoms with E-state index in [1.54, 1.807) is 67.6 Å². The minimum absolute atomic E-state index is 0.200. The highest BCUT2D eigenvalue weighted by atomic mass is 16.6. The summed E-state index contributed by atoms with van der Waals surface area (Å²) in [4.78, 5) is 52.1. The first-order chi connectivity index (χ1) is 20.1. The molecular weight excluding hydrogens is 556 g/mol. The van der Waals surface area contributed by atoms with Crippen LogP contribution >= 0.6 is 0 Å². The van der Waals surface area contributed by atoms with Gasteiger partial charge in [0.05, 0.1) is 22.1 Å². The highest BCUT2D eigenvalue weighted by Gasteiger charge is 2.82. The highest BCUT2D eigenvalue weighted by molar-refractivity contribution is 5.90. The first kappa shape index (κ1) is 30.7. The van der Waals surface area contributed by atoms with Gasteiger partial charge in [-0.05, 0) is 70.7 Å². The Morgan fingerprint density at radius 2 is 1.26 bits per heavy atom. The van der Waals surface area contributed by atoms with Crippen molar-refractivity contribution in [1.29, 1.82) is 0 Å². The summed E-state index contributed by atoms with van der Waals surface area (Å²) >= 11 is 0. The van der Waals surface area contributed by atoms with E-state index < -0.39 is 70.5 Å². The van der Waals surface area contributed by atoms with E-state index in [9.17, 15) is 24.3 Å². The Morgan fingerprint density at radius 1 is 0.744 bits per heavy atom. The Morgan fingerprint density at radius 3 is 1.77 bits per heavy atom. The van der Waals surface area contributed by atoms with Crippen molar-refractivity contribution in [2.24, 2.45) is 11.3 Å². The number of carbonyl (C=O) groups excluding carboxylic acids is 4. The fourth-order valence-corrected chi connectivity index (χ4v) is 7.51. The van der Waals surface area contributed by atoms with Gasteiger partial charge in [-0.25, -0.2) is 9.59 Å². The van der Waals surface area contributed by atoms with Crippen LogP contribution in [-0.4, -0.2) is 70.2 Å². The van der Waals surface area contributed by atoms with Crippen LogP contribution < -0.4 is 0 Å². The number of carbonyl (C=O) groups is 4. The summed E-state index contributed by atoms with van der Waals surface area (Å²) in [6.07, 6.45) is -4.73. The SMILES string of the molecule is CC(=O)OC1C(OC(=O)c2ccccc2)[C@]2(C)C(OC(=O)c3ccccc3)C[C@@H]3C[C@@]2(OC3(C)C)[C@](C)(O)C1OC(C)=O. The van der Waals surface area contributed by atoms with Crippen molar-refractivity contribution in [3.63, 3.8) is 0 Å². The van der Waals surface area contributed by atoms with E-state index >= 15 is 0 Å². The molecule has 3 fully saturated rings. The minimum Gasteiger partial charge on any atom is -0.458 e. The molecule has 10 heteroatoms. The molecule has 2 saturated carbocycles. The van der Waals surface area contributed by atoms with Gasteiger partial charge in [0.2, 0.25) is 0 Å². The molecule has 2 aliphatic carbocycles. The molecule has 3 aliphatic rings. The molecule has 10 nitrogen and oxygen atoms in total. The van der Waals surface area contributed by atoms with Crippen LogP contribution in [0.5, 0.6) is 0 Å². The van der Waals surface area contributed by atoms with Crippen LogP contribution in [0.3, 0.4) is 0 Å². The van der Waals surface area contributed by atoms with E-state index in [2.05, 4.69) is 0 Å². The average Bonchev–Trinajstić information content (AvgIpc) is 3.20. The second kappa shape index (κ2) is 10.7. The zero-order chi connectivity index (χ0) is 31.4. The standard InChI is InChI=1S/C33H38O10/c1-19(34)39-25-26(42-29(37)22-15-11-8-12-16-22)31(5)24(41-28(36)21-13-9-7-10-14-21)17-23-18-33(31,43-30(23,3)4)32(6,38)27(25)40-20(2)35/h7-16,23-27,38H,17-18H2,1-6H3/t23-,24?,25?,26?,27?,31+,32-,33+/m1/s1. The summed E-state index contributed by atoms with van der Waals surface area (Å²) in [6.45, 7) is 9.28. The van der Waals surface area contributed by atoms with Crippen LogP contribution in [0.1, 0.15) is 75.1 Å². The average molecular weight is 595 g/mol. The lowest BCUT2D eigenvalue weighted by Gasteiger charge is -2.65. The topological polar surface area (TPSA) is 135 Å². The van der Waals surface area contributed by atoms with Crippen molar-refractivity contribution < 1.29 is 48.0 Å². The fraction of sp³-hybridized carbons (Fsp3) is 0.515. The summed E-state index contributed by atoms with van der Waals surface area (Å²) < 4.78 is 30.7. The van der Waals surface area contributed by atoms with E-state index in [1.807, 2.05) is 13.8 Å². The van der Waals surface area contributed by atoms with Gasteiger partial charge in [0.25, 0.3) is 0 Å². The van der Waals surface area contributed by atoms with E-state index in [0.717, 1.165) is 0 Å². The molecule has 43 heavy (non-hydrogen) atoms. The van der Waals surface area contributed by atoms with Crippen LogP contribution in [0, 0.1) is 11.3 Å². The maximum absolute atomic E-state index is 13.7. The van der Waals surface area contributed by atoms with Gasteiger partial charge >= 0.3 is 23.9 Å². The van der Waals surface area contributed by atoms with Crippen LogP contribution in [0.25, 0.3) is 0 Å². The third-order valence-electron chi connectivity index (χ3n) is 9.65. The number of aliphatic hydroxyl groups is 1. The van der Waals surface area contributed by atoms with Gasteiger partial charge in [0.1, 0.15) is 17.3 Å². The Labute approximate surface area is 250 Å². The number of ether oxygens (including phenoxy) is 5. The summed E-state index contributed by atoms with van der Waals surface area (Å²) in [5, 5.41) is 12.5. The molecule has 0 aromatic heterocycles. The Bertz CT molecular complexity index is 1400. The molecule has 230 valence electrons. The normalized spacial score (nSPS) is 35.7. The van der Waals surface area contributed by atoms with Gasteiger partial charge in [0.15, 0.2) is 18.3 Å². The molecule has 1 spiro atoms. The molecule has 1 N–H and O–H groups in total. The molecule has 0 radical (unpaired) electrons. The number of fused-ring (bicyclic) bond motifs is 1. The third-order valence-corrected chi connectivity index (χ3v) is 9.65. The molecule has 5 rings (SSSR count). The van der Waals surface area contributed by atoms with Gasteiger partial charge in [-0.2, -0.15) is 0 Å². The Balaban J connectivity index is 1.72. The Hall–Kier alpha value is -3.76. The smallest absolute Gasteiger partial charge is 0.338 e. The van der Waals surface area contributed by atoms with Crippen LogP contribution in [-0.2, 0) is 33.3 Å². The molecule has 2 aromatic carbocycles. The minimum atomic E-state index is -1.99. The molecule has 1 aliphatic heterocycles. The quantitative estimate of drug-likeness (QED) is 0.386. The van der Waals surface area contributed by atoms with Crippen molar-refractivity contribution in [3.05, 3.63) is 71.8 Å². The molecule has 2 bridgehead atoms. The molecule has 1 heterocycles. The van der Waals surface area contributed by atoms with Gasteiger partial charge in [-0.1, -0.05) is 36.4 Å². The number of rotatable bonds is 6. The first-order valence-corrected chi connectivity index (χ1v) is 14.4. The van der Waals surface area contributed by atoms with Crippen molar-refractivity contribution >= 4 is 23.9 Å². The number of hydrogen-bond donors (Lipinski definition) is 1. The maximum Gasteiger partial charge on any atom is 0.338 e. The molecule has 2 aromatic rings. The molecule has 0 amide bonds. The van der Waals surface area contributed by atoms with E-state index in [4.69, 9.17) is 23.7 Å². The number of benzene rings is 2. The zero-order valence-corrected chi connectivity index (χ0v) is 25.2. The summed E-state index contributed by atoms with van der Waals surface area (Å²) in [5.41, 5.74) is -5.34. The fourth-order valence-electron chi connectivity index (χ4n) is 7.51. The summed E-state index contributed by atoms with van der Waals surface area (Å²) in [5.74, 6) is -3.05. The predicted molar refractivity (Wildman–Crippen MR) is 152 cm³/mol.